The Balaban J connectivity index is 3.87. The highest BCUT2D eigenvalue weighted by molar-refractivity contribution is 4.74. The minimum absolute atomic E-state index is 0.207. The molecule has 0 fully saturated rings. The molecular weight excluding hydrogens is 190 g/mol. The van der Waals surface area contributed by atoms with Crippen molar-refractivity contribution in [3.63, 3.8) is 0 Å². The molecule has 0 aliphatic carbocycles. The van der Waals surface area contributed by atoms with Crippen molar-refractivity contribution in [2.75, 3.05) is 0 Å². The standard InChI is InChI=1S/C12H27NO2/c1-5-11(8-12(15)6-2)13-9(3)7-10(4)14/h9-15H,5-8H2,1-4H3. The number of hydrogen-bond donors (Lipinski definition) is 3. The molecule has 0 amide bonds. The van der Waals surface area contributed by atoms with Gasteiger partial charge in [-0.3, -0.25) is 0 Å². The van der Waals surface area contributed by atoms with Crippen LogP contribution in [-0.4, -0.2) is 34.5 Å². The summed E-state index contributed by atoms with van der Waals surface area (Å²) in [5.74, 6) is 0. The lowest BCUT2D eigenvalue weighted by Gasteiger charge is -2.24. The van der Waals surface area contributed by atoms with Gasteiger partial charge in [0.1, 0.15) is 0 Å². The van der Waals surface area contributed by atoms with Gasteiger partial charge in [-0.1, -0.05) is 13.8 Å². The SMILES string of the molecule is CCC(O)CC(CC)NC(C)CC(C)O. The molecule has 0 spiro atoms. The normalized spacial score (nSPS) is 19.6. The van der Waals surface area contributed by atoms with Crippen molar-refractivity contribution in [2.24, 2.45) is 0 Å². The lowest BCUT2D eigenvalue weighted by molar-refractivity contribution is 0.134. The number of aliphatic hydroxyl groups excluding tert-OH is 2. The smallest absolute Gasteiger partial charge is 0.0552 e. The Morgan fingerprint density at radius 3 is 2.00 bits per heavy atom. The molecular formula is C12H27NO2. The second-order valence-electron chi connectivity index (χ2n) is 4.56. The van der Waals surface area contributed by atoms with Gasteiger partial charge in [-0.2, -0.15) is 0 Å². The third-order valence-corrected chi connectivity index (χ3v) is 2.74. The Labute approximate surface area is 93.9 Å². The third-order valence-electron chi connectivity index (χ3n) is 2.74. The maximum absolute atomic E-state index is 9.56. The van der Waals surface area contributed by atoms with Crippen LogP contribution in [0.5, 0.6) is 0 Å². The average molecular weight is 217 g/mol. The van der Waals surface area contributed by atoms with E-state index in [0.717, 1.165) is 25.7 Å². The van der Waals surface area contributed by atoms with Crippen LogP contribution in [0.15, 0.2) is 0 Å². The fourth-order valence-corrected chi connectivity index (χ4v) is 1.83. The molecule has 0 radical (unpaired) electrons. The Morgan fingerprint density at radius 2 is 1.60 bits per heavy atom. The average Bonchev–Trinajstić information content (AvgIpc) is 2.15. The first-order valence-corrected chi connectivity index (χ1v) is 6.11. The summed E-state index contributed by atoms with van der Waals surface area (Å²) in [6, 6.07) is 0.660. The van der Waals surface area contributed by atoms with Gasteiger partial charge in [-0.25, -0.2) is 0 Å². The molecule has 0 aromatic carbocycles. The van der Waals surface area contributed by atoms with Gasteiger partial charge in [0, 0.05) is 12.1 Å². The third kappa shape index (κ3) is 7.77. The number of rotatable bonds is 8. The zero-order valence-corrected chi connectivity index (χ0v) is 10.5. The molecule has 0 rings (SSSR count). The van der Waals surface area contributed by atoms with Gasteiger partial charge in [0.25, 0.3) is 0 Å². The summed E-state index contributed by atoms with van der Waals surface area (Å²) in [6.45, 7) is 8.00. The molecule has 0 saturated heterocycles. The van der Waals surface area contributed by atoms with Crippen LogP contribution < -0.4 is 5.32 Å². The minimum atomic E-state index is -0.263. The molecule has 3 heteroatoms. The molecule has 0 bridgehead atoms. The van der Waals surface area contributed by atoms with E-state index < -0.39 is 0 Å². The predicted octanol–water partition coefficient (Wildman–Crippen LogP) is 1.68. The molecule has 92 valence electrons. The molecule has 0 aliphatic rings. The Hall–Kier alpha value is -0.120. The van der Waals surface area contributed by atoms with E-state index in [1.807, 2.05) is 6.92 Å². The van der Waals surface area contributed by atoms with Crippen LogP contribution in [0.4, 0.5) is 0 Å². The van der Waals surface area contributed by atoms with Crippen LogP contribution >= 0.6 is 0 Å². The van der Waals surface area contributed by atoms with Gasteiger partial charge < -0.3 is 15.5 Å². The minimum Gasteiger partial charge on any atom is -0.393 e. The van der Waals surface area contributed by atoms with Crippen molar-refractivity contribution in [2.45, 2.75) is 77.7 Å². The molecule has 0 aromatic heterocycles. The van der Waals surface area contributed by atoms with Gasteiger partial charge in [0.15, 0.2) is 0 Å². The summed E-state index contributed by atoms with van der Waals surface area (Å²) >= 11 is 0. The second kappa shape index (κ2) is 8.08. The van der Waals surface area contributed by atoms with Crippen LogP contribution in [0.1, 0.15) is 53.4 Å². The van der Waals surface area contributed by atoms with Crippen molar-refractivity contribution in [1.82, 2.24) is 5.32 Å². The highest BCUT2D eigenvalue weighted by Crippen LogP contribution is 2.08. The molecule has 3 N–H and O–H groups in total. The highest BCUT2D eigenvalue weighted by atomic mass is 16.3. The molecule has 15 heavy (non-hydrogen) atoms. The maximum Gasteiger partial charge on any atom is 0.0552 e. The van der Waals surface area contributed by atoms with E-state index in [-0.39, 0.29) is 12.2 Å². The summed E-state index contributed by atoms with van der Waals surface area (Å²) in [7, 11) is 0. The van der Waals surface area contributed by atoms with Gasteiger partial charge in [-0.05, 0) is 39.5 Å². The lowest BCUT2D eigenvalue weighted by Crippen LogP contribution is -2.39. The maximum atomic E-state index is 9.56. The summed E-state index contributed by atoms with van der Waals surface area (Å²) in [4.78, 5) is 0. The fourth-order valence-electron chi connectivity index (χ4n) is 1.83. The Bertz CT molecular complexity index is 151. The van der Waals surface area contributed by atoms with Gasteiger partial charge in [0.2, 0.25) is 0 Å². The van der Waals surface area contributed by atoms with Gasteiger partial charge in [0.05, 0.1) is 12.2 Å². The van der Waals surface area contributed by atoms with Crippen molar-refractivity contribution >= 4 is 0 Å². The number of hydrogen-bond acceptors (Lipinski definition) is 3. The first-order valence-electron chi connectivity index (χ1n) is 6.11. The van der Waals surface area contributed by atoms with Crippen LogP contribution in [0.2, 0.25) is 0 Å². The summed E-state index contributed by atoms with van der Waals surface area (Å²) in [5, 5.41) is 22.3. The van der Waals surface area contributed by atoms with Crippen molar-refractivity contribution in [1.29, 1.82) is 0 Å². The summed E-state index contributed by atoms with van der Waals surface area (Å²) in [5.41, 5.74) is 0. The van der Waals surface area contributed by atoms with Crippen LogP contribution in [0.3, 0.4) is 0 Å². The molecule has 0 aromatic rings. The molecule has 0 saturated carbocycles. The Morgan fingerprint density at radius 1 is 1.00 bits per heavy atom. The van der Waals surface area contributed by atoms with E-state index in [0.29, 0.717) is 12.1 Å². The molecule has 3 nitrogen and oxygen atoms in total. The van der Waals surface area contributed by atoms with E-state index in [9.17, 15) is 10.2 Å². The molecule has 0 aliphatic heterocycles. The van der Waals surface area contributed by atoms with E-state index >= 15 is 0 Å². The molecule has 4 atom stereocenters. The molecule has 4 unspecified atom stereocenters. The van der Waals surface area contributed by atoms with Crippen LogP contribution in [0, 0.1) is 0 Å². The first kappa shape index (κ1) is 14.9. The van der Waals surface area contributed by atoms with E-state index in [1.165, 1.54) is 0 Å². The largest absolute Gasteiger partial charge is 0.393 e. The predicted molar refractivity (Wildman–Crippen MR) is 63.9 cm³/mol. The van der Waals surface area contributed by atoms with Gasteiger partial charge in [-0.15, -0.1) is 0 Å². The monoisotopic (exact) mass is 217 g/mol. The first-order chi connectivity index (χ1) is 6.99. The van der Waals surface area contributed by atoms with Crippen molar-refractivity contribution in [3.05, 3.63) is 0 Å². The van der Waals surface area contributed by atoms with Crippen LogP contribution in [-0.2, 0) is 0 Å². The lowest BCUT2D eigenvalue weighted by atomic mass is 10.0. The van der Waals surface area contributed by atoms with E-state index in [2.05, 4.69) is 19.2 Å². The topological polar surface area (TPSA) is 52.5 Å². The zero-order valence-electron chi connectivity index (χ0n) is 10.5. The zero-order chi connectivity index (χ0) is 11.8. The summed E-state index contributed by atoms with van der Waals surface area (Å²) in [6.07, 6.45) is 2.92. The fraction of sp³-hybridized carbons (Fsp3) is 1.00. The van der Waals surface area contributed by atoms with E-state index in [4.69, 9.17) is 0 Å². The quantitative estimate of drug-likeness (QED) is 0.580. The number of nitrogens with one attached hydrogen (secondary N) is 1. The van der Waals surface area contributed by atoms with Crippen LogP contribution in [0.25, 0.3) is 0 Å². The molecule has 0 heterocycles. The number of aliphatic hydroxyl groups is 2. The second-order valence-corrected chi connectivity index (χ2v) is 4.56. The Kier molecular flexibility index (Phi) is 8.02. The summed E-state index contributed by atoms with van der Waals surface area (Å²) < 4.78 is 0. The van der Waals surface area contributed by atoms with Gasteiger partial charge >= 0.3 is 0 Å². The van der Waals surface area contributed by atoms with E-state index in [1.54, 1.807) is 6.92 Å². The van der Waals surface area contributed by atoms with Crippen molar-refractivity contribution < 1.29 is 10.2 Å². The van der Waals surface area contributed by atoms with Crippen molar-refractivity contribution in [3.8, 4) is 0 Å². The highest BCUT2D eigenvalue weighted by Gasteiger charge is 2.14.